The van der Waals surface area contributed by atoms with Gasteiger partial charge in [-0.2, -0.15) is 0 Å². The summed E-state index contributed by atoms with van der Waals surface area (Å²) in [6, 6.07) is 7.34. The number of fused-ring (bicyclic) bond motifs is 1. The molecular weight excluding hydrogens is 280 g/mol. The summed E-state index contributed by atoms with van der Waals surface area (Å²) in [6.45, 7) is 0.854. The highest BCUT2D eigenvalue weighted by molar-refractivity contribution is 5.74. The molecule has 3 rings (SSSR count). The average Bonchev–Trinajstić information content (AvgIpc) is 3.06. The first-order valence-electron chi connectivity index (χ1n) is 7.91. The number of allylic oxidation sites excluding steroid dienone is 1. The van der Waals surface area contributed by atoms with E-state index in [0.717, 1.165) is 11.5 Å². The van der Waals surface area contributed by atoms with Gasteiger partial charge in [-0.15, -0.1) is 0 Å². The predicted molar refractivity (Wildman–Crippen MR) is 84.0 cm³/mol. The van der Waals surface area contributed by atoms with Crippen molar-refractivity contribution in [3.05, 3.63) is 36.5 Å². The van der Waals surface area contributed by atoms with Crippen molar-refractivity contribution in [2.75, 3.05) is 13.2 Å². The zero-order valence-corrected chi connectivity index (χ0v) is 12.6. The SMILES string of the molecule is O=C(N/C=C/C1CCCC1)NCC1COc2ccccc2O1. The van der Waals surface area contributed by atoms with Crippen LogP contribution in [-0.4, -0.2) is 25.3 Å². The van der Waals surface area contributed by atoms with Crippen molar-refractivity contribution in [2.24, 2.45) is 5.92 Å². The number of hydrogen-bond donors (Lipinski definition) is 2. The Morgan fingerprint density at radius 1 is 1.23 bits per heavy atom. The van der Waals surface area contributed by atoms with Gasteiger partial charge in [0.25, 0.3) is 0 Å². The van der Waals surface area contributed by atoms with Gasteiger partial charge in [0.2, 0.25) is 0 Å². The molecule has 1 unspecified atom stereocenters. The normalized spacial score (nSPS) is 21.0. The number of carbonyl (C=O) groups is 1. The maximum Gasteiger partial charge on any atom is 0.318 e. The lowest BCUT2D eigenvalue weighted by atomic mass is 10.1. The number of hydrogen-bond acceptors (Lipinski definition) is 3. The third-order valence-corrected chi connectivity index (χ3v) is 4.04. The van der Waals surface area contributed by atoms with E-state index in [4.69, 9.17) is 9.47 Å². The fourth-order valence-electron chi connectivity index (χ4n) is 2.83. The van der Waals surface area contributed by atoms with Gasteiger partial charge in [0.1, 0.15) is 6.61 Å². The second-order valence-electron chi connectivity index (χ2n) is 5.76. The molecule has 1 aliphatic heterocycles. The molecule has 118 valence electrons. The molecule has 2 amide bonds. The van der Waals surface area contributed by atoms with Crippen LogP contribution in [0.5, 0.6) is 11.5 Å². The second kappa shape index (κ2) is 7.20. The van der Waals surface area contributed by atoms with E-state index >= 15 is 0 Å². The molecule has 1 aliphatic carbocycles. The lowest BCUT2D eigenvalue weighted by Gasteiger charge is -2.26. The number of rotatable bonds is 4. The molecular formula is C17H22N2O3. The minimum absolute atomic E-state index is 0.167. The van der Waals surface area contributed by atoms with Crippen LogP contribution in [0.4, 0.5) is 4.79 Å². The van der Waals surface area contributed by atoms with Gasteiger partial charge >= 0.3 is 6.03 Å². The lowest BCUT2D eigenvalue weighted by molar-refractivity contribution is 0.0919. The average molecular weight is 302 g/mol. The van der Waals surface area contributed by atoms with Crippen LogP contribution >= 0.6 is 0 Å². The Labute approximate surface area is 130 Å². The van der Waals surface area contributed by atoms with Crippen molar-refractivity contribution >= 4 is 6.03 Å². The molecule has 1 aromatic carbocycles. The maximum absolute atomic E-state index is 11.7. The van der Waals surface area contributed by atoms with Crippen LogP contribution in [0.25, 0.3) is 0 Å². The van der Waals surface area contributed by atoms with Crippen LogP contribution < -0.4 is 20.1 Å². The lowest BCUT2D eigenvalue weighted by Crippen LogP contribution is -2.43. The summed E-state index contributed by atoms with van der Waals surface area (Å²) in [6.07, 6.45) is 8.71. The standard InChI is InChI=1S/C17H22N2O3/c20-17(18-10-9-13-5-1-2-6-13)19-11-14-12-21-15-7-3-4-8-16(15)22-14/h3-4,7-10,13-14H,1-2,5-6,11-12H2,(H2,18,19,20)/b10-9+. The summed E-state index contributed by atoms with van der Waals surface area (Å²) in [7, 11) is 0. The molecule has 0 saturated heterocycles. The number of benzene rings is 1. The van der Waals surface area contributed by atoms with Gasteiger partial charge in [0, 0.05) is 6.20 Å². The molecule has 0 aromatic heterocycles. The van der Waals surface area contributed by atoms with Crippen molar-refractivity contribution in [1.82, 2.24) is 10.6 Å². The topological polar surface area (TPSA) is 59.6 Å². The van der Waals surface area contributed by atoms with Gasteiger partial charge in [0.15, 0.2) is 17.6 Å². The van der Waals surface area contributed by atoms with E-state index in [1.807, 2.05) is 24.3 Å². The number of urea groups is 1. The highest BCUT2D eigenvalue weighted by atomic mass is 16.6. The Morgan fingerprint density at radius 2 is 2.00 bits per heavy atom. The molecule has 5 nitrogen and oxygen atoms in total. The van der Waals surface area contributed by atoms with Crippen LogP contribution in [0, 0.1) is 5.92 Å². The van der Waals surface area contributed by atoms with Crippen LogP contribution in [0.2, 0.25) is 0 Å². The fourth-order valence-corrected chi connectivity index (χ4v) is 2.83. The van der Waals surface area contributed by atoms with Crippen molar-refractivity contribution in [3.63, 3.8) is 0 Å². The number of para-hydroxylation sites is 2. The first-order chi connectivity index (χ1) is 10.8. The van der Waals surface area contributed by atoms with Crippen LogP contribution in [0.15, 0.2) is 36.5 Å². The van der Waals surface area contributed by atoms with Gasteiger partial charge in [-0.1, -0.05) is 31.1 Å². The minimum Gasteiger partial charge on any atom is -0.486 e. The number of amides is 2. The molecule has 1 saturated carbocycles. The Hall–Kier alpha value is -2.17. The molecule has 1 heterocycles. The summed E-state index contributed by atoms with van der Waals surface area (Å²) < 4.78 is 11.4. The first-order valence-corrected chi connectivity index (χ1v) is 7.91. The molecule has 0 bridgehead atoms. The van der Waals surface area contributed by atoms with E-state index in [9.17, 15) is 4.79 Å². The van der Waals surface area contributed by atoms with E-state index < -0.39 is 0 Å². The molecule has 5 heteroatoms. The summed E-state index contributed by atoms with van der Waals surface area (Å²) in [5, 5.41) is 5.54. The highest BCUT2D eigenvalue weighted by Crippen LogP contribution is 2.30. The largest absolute Gasteiger partial charge is 0.486 e. The van der Waals surface area contributed by atoms with E-state index in [0.29, 0.717) is 19.1 Å². The van der Waals surface area contributed by atoms with Crippen molar-refractivity contribution in [2.45, 2.75) is 31.8 Å². The van der Waals surface area contributed by atoms with Crippen LogP contribution in [-0.2, 0) is 0 Å². The zero-order chi connectivity index (χ0) is 15.2. The molecule has 2 N–H and O–H groups in total. The zero-order valence-electron chi connectivity index (χ0n) is 12.6. The number of carbonyl (C=O) groups excluding carboxylic acids is 1. The highest BCUT2D eigenvalue weighted by Gasteiger charge is 2.20. The molecule has 1 aromatic rings. The van der Waals surface area contributed by atoms with E-state index in [-0.39, 0.29) is 12.1 Å². The van der Waals surface area contributed by atoms with E-state index in [1.165, 1.54) is 25.7 Å². The first kappa shape index (κ1) is 14.8. The van der Waals surface area contributed by atoms with E-state index in [1.54, 1.807) is 6.20 Å². The number of nitrogens with one attached hydrogen (secondary N) is 2. The van der Waals surface area contributed by atoms with Crippen molar-refractivity contribution in [3.8, 4) is 11.5 Å². The fraction of sp³-hybridized carbons (Fsp3) is 0.471. The van der Waals surface area contributed by atoms with E-state index in [2.05, 4.69) is 16.7 Å². The van der Waals surface area contributed by atoms with Gasteiger partial charge in [-0.3, -0.25) is 0 Å². The summed E-state index contributed by atoms with van der Waals surface area (Å²) in [4.78, 5) is 11.7. The Balaban J connectivity index is 1.38. The quantitative estimate of drug-likeness (QED) is 0.899. The van der Waals surface area contributed by atoms with Crippen LogP contribution in [0.3, 0.4) is 0 Å². The minimum atomic E-state index is -0.211. The third-order valence-electron chi connectivity index (χ3n) is 4.04. The molecule has 2 aliphatic rings. The second-order valence-corrected chi connectivity index (χ2v) is 5.76. The predicted octanol–water partition coefficient (Wildman–Crippen LogP) is 2.83. The summed E-state index contributed by atoms with van der Waals surface area (Å²) >= 11 is 0. The molecule has 1 fully saturated rings. The number of ether oxygens (including phenoxy) is 2. The molecule has 22 heavy (non-hydrogen) atoms. The van der Waals surface area contributed by atoms with Crippen molar-refractivity contribution in [1.29, 1.82) is 0 Å². The van der Waals surface area contributed by atoms with Gasteiger partial charge < -0.3 is 20.1 Å². The Kier molecular flexibility index (Phi) is 4.83. The monoisotopic (exact) mass is 302 g/mol. The maximum atomic E-state index is 11.7. The Morgan fingerprint density at radius 3 is 2.82 bits per heavy atom. The van der Waals surface area contributed by atoms with Gasteiger partial charge in [-0.05, 0) is 30.9 Å². The van der Waals surface area contributed by atoms with Crippen molar-refractivity contribution < 1.29 is 14.3 Å². The van der Waals surface area contributed by atoms with Gasteiger partial charge in [0.05, 0.1) is 6.54 Å². The third kappa shape index (κ3) is 3.93. The molecule has 1 atom stereocenters. The smallest absolute Gasteiger partial charge is 0.318 e. The molecule has 0 spiro atoms. The molecule has 0 radical (unpaired) electrons. The van der Waals surface area contributed by atoms with Gasteiger partial charge in [-0.25, -0.2) is 4.79 Å². The van der Waals surface area contributed by atoms with Crippen LogP contribution in [0.1, 0.15) is 25.7 Å². The summed E-state index contributed by atoms with van der Waals surface area (Å²) in [5.74, 6) is 2.09. The summed E-state index contributed by atoms with van der Waals surface area (Å²) in [5.41, 5.74) is 0. The Bertz CT molecular complexity index is 538.